The molecule has 1 aliphatic heterocycles. The van der Waals surface area contributed by atoms with Crippen LogP contribution in [0.15, 0.2) is 60.7 Å². The first-order valence-electron chi connectivity index (χ1n) is 11.3. The first-order chi connectivity index (χ1) is 15.3. The molecule has 0 spiro atoms. The predicted molar refractivity (Wildman–Crippen MR) is 120 cm³/mol. The van der Waals surface area contributed by atoms with Crippen molar-refractivity contribution in [3.05, 3.63) is 71.9 Å². The zero-order valence-corrected chi connectivity index (χ0v) is 17.7. The Labute approximate surface area is 183 Å². The summed E-state index contributed by atoms with van der Waals surface area (Å²) >= 11 is 0. The van der Waals surface area contributed by atoms with Gasteiger partial charge in [0.15, 0.2) is 0 Å². The molecule has 1 atom stereocenters. The summed E-state index contributed by atoms with van der Waals surface area (Å²) in [5.41, 5.74) is 2.43. The number of carbonyl (C=O) groups excluding carboxylic acids is 1. The lowest BCUT2D eigenvalue weighted by atomic mass is 10.1. The topological polar surface area (TPSA) is 51.7 Å². The molecule has 2 heterocycles. The van der Waals surface area contributed by atoms with E-state index in [1.807, 2.05) is 59.5 Å². The van der Waals surface area contributed by atoms with Crippen LogP contribution in [0, 0.1) is 0 Å². The zero-order chi connectivity index (χ0) is 21.0. The van der Waals surface area contributed by atoms with Gasteiger partial charge in [0.2, 0.25) is 0 Å². The van der Waals surface area contributed by atoms with Crippen molar-refractivity contribution in [3.8, 4) is 5.75 Å². The minimum absolute atomic E-state index is 0.00446. The van der Waals surface area contributed by atoms with Crippen molar-refractivity contribution in [2.45, 2.75) is 50.8 Å². The van der Waals surface area contributed by atoms with E-state index in [1.54, 1.807) is 0 Å². The molecule has 2 fully saturated rings. The first kappa shape index (κ1) is 20.0. The number of rotatable bonds is 7. The van der Waals surface area contributed by atoms with Crippen LogP contribution in [-0.2, 0) is 11.3 Å². The number of fused-ring (bicyclic) bond motifs is 1. The Kier molecular flexibility index (Phi) is 5.85. The van der Waals surface area contributed by atoms with Gasteiger partial charge in [-0.05, 0) is 61.9 Å². The van der Waals surface area contributed by atoms with Gasteiger partial charge >= 0.3 is 0 Å². The Morgan fingerprint density at radius 3 is 2.77 bits per heavy atom. The zero-order valence-electron chi connectivity index (χ0n) is 17.7. The third kappa shape index (κ3) is 4.88. The van der Waals surface area contributed by atoms with E-state index in [-0.39, 0.29) is 12.0 Å². The number of benzene rings is 2. The van der Waals surface area contributed by atoms with E-state index in [0.717, 1.165) is 54.5 Å². The van der Waals surface area contributed by atoms with Crippen LogP contribution in [0.5, 0.6) is 5.75 Å². The molecule has 1 aromatic heterocycles. The Balaban J connectivity index is 1.29. The summed E-state index contributed by atoms with van der Waals surface area (Å²) in [6, 6.07) is 20.1. The van der Waals surface area contributed by atoms with Crippen molar-refractivity contribution in [2.75, 3.05) is 13.2 Å². The van der Waals surface area contributed by atoms with Crippen molar-refractivity contribution in [2.24, 2.45) is 0 Å². The lowest BCUT2D eigenvalue weighted by molar-refractivity contribution is -0.0110. The van der Waals surface area contributed by atoms with Gasteiger partial charge in [-0.2, -0.15) is 0 Å². The maximum Gasteiger partial charge on any atom is 0.273 e. The summed E-state index contributed by atoms with van der Waals surface area (Å²) < 4.78 is 11.8. The number of nitrogens with zero attached hydrogens (tertiary/aromatic N) is 2. The average Bonchev–Trinajstić information content (AvgIpc) is 3.67. The SMILES string of the molecule is O=C(c1ccc2ccccc2n1)N(Cc1cccc(OCC2CCCCO2)c1)C1CC1. The second kappa shape index (κ2) is 9.06. The van der Waals surface area contributed by atoms with Crippen molar-refractivity contribution in [1.29, 1.82) is 0 Å². The number of hydrogen-bond acceptors (Lipinski definition) is 4. The van der Waals surface area contributed by atoms with Crippen molar-refractivity contribution >= 4 is 16.8 Å². The fraction of sp³-hybridized carbons (Fsp3) is 0.385. The normalized spacial score (nSPS) is 18.6. The van der Waals surface area contributed by atoms with E-state index in [1.165, 1.54) is 6.42 Å². The molecule has 0 bridgehead atoms. The fourth-order valence-electron chi connectivity index (χ4n) is 4.14. The number of amides is 1. The number of ether oxygens (including phenoxy) is 2. The van der Waals surface area contributed by atoms with E-state index in [4.69, 9.17) is 9.47 Å². The van der Waals surface area contributed by atoms with Gasteiger partial charge in [0, 0.05) is 24.6 Å². The van der Waals surface area contributed by atoms with Crippen LogP contribution in [0.4, 0.5) is 0 Å². The van der Waals surface area contributed by atoms with Crippen LogP contribution in [0.2, 0.25) is 0 Å². The second-order valence-corrected chi connectivity index (χ2v) is 8.50. The van der Waals surface area contributed by atoms with Gasteiger partial charge in [-0.25, -0.2) is 4.98 Å². The molecule has 1 amide bonds. The molecule has 5 nitrogen and oxygen atoms in total. The molecular formula is C26H28N2O3. The van der Waals surface area contributed by atoms with E-state index < -0.39 is 0 Å². The molecule has 0 N–H and O–H groups in total. The van der Waals surface area contributed by atoms with Crippen LogP contribution in [0.25, 0.3) is 10.9 Å². The molecule has 5 rings (SSSR count). The van der Waals surface area contributed by atoms with E-state index >= 15 is 0 Å². The largest absolute Gasteiger partial charge is 0.491 e. The predicted octanol–water partition coefficient (Wildman–Crippen LogP) is 4.99. The van der Waals surface area contributed by atoms with Crippen LogP contribution in [0.3, 0.4) is 0 Å². The molecule has 2 aliphatic rings. The van der Waals surface area contributed by atoms with Gasteiger partial charge in [0.1, 0.15) is 18.1 Å². The highest BCUT2D eigenvalue weighted by molar-refractivity contribution is 5.95. The number of carbonyl (C=O) groups is 1. The Morgan fingerprint density at radius 1 is 1.03 bits per heavy atom. The van der Waals surface area contributed by atoms with Gasteiger partial charge in [-0.15, -0.1) is 0 Å². The van der Waals surface area contributed by atoms with Gasteiger partial charge in [0.25, 0.3) is 5.91 Å². The maximum absolute atomic E-state index is 13.3. The highest BCUT2D eigenvalue weighted by atomic mass is 16.5. The van der Waals surface area contributed by atoms with E-state index in [0.29, 0.717) is 24.9 Å². The molecule has 160 valence electrons. The molecule has 1 saturated heterocycles. The summed E-state index contributed by atoms with van der Waals surface area (Å²) in [6.45, 7) is 1.97. The molecule has 5 heteroatoms. The van der Waals surface area contributed by atoms with Crippen LogP contribution < -0.4 is 4.74 Å². The standard InChI is InChI=1S/C26H28N2O3/c29-26(25-14-11-20-7-1-2-10-24(20)27-25)28(21-12-13-21)17-19-6-5-9-22(16-19)31-18-23-8-3-4-15-30-23/h1-2,5-7,9-11,14,16,21,23H,3-4,8,12-13,15,17-18H2. The minimum Gasteiger partial charge on any atom is -0.491 e. The smallest absolute Gasteiger partial charge is 0.273 e. The lowest BCUT2D eigenvalue weighted by Crippen LogP contribution is -2.33. The quantitative estimate of drug-likeness (QED) is 0.545. The highest BCUT2D eigenvalue weighted by Crippen LogP contribution is 2.30. The van der Waals surface area contributed by atoms with Gasteiger partial charge < -0.3 is 14.4 Å². The van der Waals surface area contributed by atoms with E-state index in [9.17, 15) is 4.79 Å². The summed E-state index contributed by atoms with van der Waals surface area (Å²) in [5.74, 6) is 0.828. The summed E-state index contributed by atoms with van der Waals surface area (Å²) in [5, 5.41) is 1.05. The monoisotopic (exact) mass is 416 g/mol. The number of para-hydroxylation sites is 1. The number of pyridine rings is 1. The third-order valence-electron chi connectivity index (χ3n) is 6.03. The Morgan fingerprint density at radius 2 is 1.94 bits per heavy atom. The molecule has 1 saturated carbocycles. The van der Waals surface area contributed by atoms with Gasteiger partial charge in [-0.3, -0.25) is 4.79 Å². The number of aromatic nitrogens is 1. The summed E-state index contributed by atoms with van der Waals surface area (Å²) in [6.07, 6.45) is 5.69. The Bertz CT molecular complexity index is 1060. The second-order valence-electron chi connectivity index (χ2n) is 8.50. The van der Waals surface area contributed by atoms with E-state index in [2.05, 4.69) is 11.1 Å². The Hall–Kier alpha value is -2.92. The molecule has 2 aromatic carbocycles. The van der Waals surface area contributed by atoms with Crippen LogP contribution >= 0.6 is 0 Å². The number of hydrogen-bond donors (Lipinski definition) is 0. The molecule has 1 aliphatic carbocycles. The maximum atomic E-state index is 13.3. The van der Waals surface area contributed by atoms with Crippen LogP contribution in [-0.4, -0.2) is 41.2 Å². The van der Waals surface area contributed by atoms with Crippen LogP contribution in [0.1, 0.15) is 48.2 Å². The molecular weight excluding hydrogens is 388 g/mol. The lowest BCUT2D eigenvalue weighted by Gasteiger charge is -2.24. The summed E-state index contributed by atoms with van der Waals surface area (Å²) in [7, 11) is 0. The molecule has 31 heavy (non-hydrogen) atoms. The third-order valence-corrected chi connectivity index (χ3v) is 6.03. The fourth-order valence-corrected chi connectivity index (χ4v) is 4.14. The summed E-state index contributed by atoms with van der Waals surface area (Å²) in [4.78, 5) is 19.9. The van der Waals surface area contributed by atoms with Crippen molar-refractivity contribution in [1.82, 2.24) is 9.88 Å². The average molecular weight is 417 g/mol. The van der Waals surface area contributed by atoms with Crippen molar-refractivity contribution < 1.29 is 14.3 Å². The molecule has 0 radical (unpaired) electrons. The highest BCUT2D eigenvalue weighted by Gasteiger charge is 2.33. The van der Waals surface area contributed by atoms with Gasteiger partial charge in [-0.1, -0.05) is 36.4 Å². The molecule has 1 unspecified atom stereocenters. The minimum atomic E-state index is -0.00446. The van der Waals surface area contributed by atoms with Gasteiger partial charge in [0.05, 0.1) is 11.6 Å². The first-order valence-corrected chi connectivity index (χ1v) is 11.3. The molecule has 3 aromatic rings. The van der Waals surface area contributed by atoms with Crippen molar-refractivity contribution in [3.63, 3.8) is 0 Å².